The average Bonchev–Trinajstić information content (AvgIpc) is 3.77. The summed E-state index contributed by atoms with van der Waals surface area (Å²) >= 11 is 0. The van der Waals surface area contributed by atoms with Gasteiger partial charge >= 0.3 is 0 Å². The van der Waals surface area contributed by atoms with Crippen molar-refractivity contribution in [3.63, 3.8) is 0 Å². The number of para-hydroxylation sites is 1. The van der Waals surface area contributed by atoms with E-state index in [0.717, 1.165) is 55.4 Å². The minimum atomic E-state index is 0.813. The van der Waals surface area contributed by atoms with Gasteiger partial charge in [0.25, 0.3) is 0 Å². The maximum atomic E-state index is 6.55. The Kier molecular flexibility index (Phi) is 5.91. The summed E-state index contributed by atoms with van der Waals surface area (Å²) in [7, 11) is 0. The van der Waals surface area contributed by atoms with Crippen molar-refractivity contribution >= 4 is 54.5 Å². The first-order valence-electron chi connectivity index (χ1n) is 16.3. The van der Waals surface area contributed by atoms with E-state index < -0.39 is 0 Å². The zero-order valence-corrected chi connectivity index (χ0v) is 26.0. The molecule has 0 fully saturated rings. The highest BCUT2D eigenvalue weighted by atomic mass is 16.3. The molecule has 0 bridgehead atoms. The van der Waals surface area contributed by atoms with Crippen molar-refractivity contribution in [3.05, 3.63) is 170 Å². The van der Waals surface area contributed by atoms with Gasteiger partial charge in [-0.2, -0.15) is 0 Å². The fraction of sp³-hybridized carbons (Fsp3) is 0. The molecule has 0 N–H and O–H groups in total. The summed E-state index contributed by atoms with van der Waals surface area (Å²) in [6, 6.07) is 60.2. The summed E-state index contributed by atoms with van der Waals surface area (Å²) in [6.45, 7) is 0. The fourth-order valence-electron chi connectivity index (χ4n) is 7.54. The second-order valence-corrected chi connectivity index (χ2v) is 12.4. The molecule has 0 saturated carbocycles. The highest BCUT2D eigenvalue weighted by molar-refractivity contribution is 6.22. The lowest BCUT2D eigenvalue weighted by Crippen LogP contribution is -1.90. The number of rotatable bonds is 4. The van der Waals surface area contributed by atoms with Gasteiger partial charge in [0, 0.05) is 16.3 Å². The van der Waals surface area contributed by atoms with Crippen LogP contribution in [0.5, 0.6) is 0 Å². The molecule has 2 aromatic heterocycles. The molecule has 0 atom stereocenters. The van der Waals surface area contributed by atoms with Crippen LogP contribution in [0, 0.1) is 0 Å². The van der Waals surface area contributed by atoms with E-state index in [2.05, 4.69) is 140 Å². The van der Waals surface area contributed by atoms with E-state index in [0.29, 0.717) is 0 Å². The van der Waals surface area contributed by atoms with Gasteiger partial charge in [0.15, 0.2) is 0 Å². The number of benzene rings is 8. The molecular formula is C46H28O2. The molecule has 10 aromatic rings. The zero-order chi connectivity index (χ0) is 31.6. The van der Waals surface area contributed by atoms with Crippen LogP contribution < -0.4 is 0 Å². The maximum absolute atomic E-state index is 6.55. The summed E-state index contributed by atoms with van der Waals surface area (Å²) in [5.74, 6) is 0.831. The molecular weight excluding hydrogens is 585 g/mol. The molecule has 0 spiro atoms. The highest BCUT2D eigenvalue weighted by Crippen LogP contribution is 2.46. The smallest absolute Gasteiger partial charge is 0.147 e. The third kappa shape index (κ3) is 4.06. The van der Waals surface area contributed by atoms with E-state index in [1.165, 1.54) is 43.8 Å². The zero-order valence-electron chi connectivity index (χ0n) is 26.0. The van der Waals surface area contributed by atoms with Crippen LogP contribution in [0.15, 0.2) is 179 Å². The van der Waals surface area contributed by atoms with Crippen LogP contribution in [0.25, 0.3) is 99.2 Å². The Hall–Kier alpha value is -6.38. The molecule has 0 aliphatic heterocycles. The molecule has 0 aliphatic carbocycles. The summed E-state index contributed by atoms with van der Waals surface area (Å²) in [4.78, 5) is 0. The number of fused-ring (bicyclic) bond motifs is 7. The third-order valence-electron chi connectivity index (χ3n) is 9.68. The van der Waals surface area contributed by atoms with Crippen molar-refractivity contribution in [1.29, 1.82) is 0 Å². The molecule has 0 amide bonds. The van der Waals surface area contributed by atoms with Gasteiger partial charge in [-0.05, 0) is 73.1 Å². The summed E-state index contributed by atoms with van der Waals surface area (Å²) in [5, 5.41) is 8.19. The molecule has 224 valence electrons. The fourth-order valence-corrected chi connectivity index (χ4v) is 7.54. The molecule has 2 nitrogen and oxygen atoms in total. The second-order valence-electron chi connectivity index (χ2n) is 12.4. The minimum absolute atomic E-state index is 0.813. The van der Waals surface area contributed by atoms with E-state index in [9.17, 15) is 0 Å². The van der Waals surface area contributed by atoms with Crippen molar-refractivity contribution in [2.75, 3.05) is 0 Å². The first-order valence-corrected chi connectivity index (χ1v) is 16.3. The first kappa shape index (κ1) is 26.8. The number of hydrogen-bond donors (Lipinski definition) is 0. The molecule has 8 aromatic carbocycles. The topological polar surface area (TPSA) is 26.3 Å². The van der Waals surface area contributed by atoms with E-state index in [1.807, 2.05) is 30.3 Å². The van der Waals surface area contributed by atoms with Crippen molar-refractivity contribution in [2.24, 2.45) is 0 Å². The van der Waals surface area contributed by atoms with Crippen LogP contribution >= 0.6 is 0 Å². The van der Waals surface area contributed by atoms with Crippen molar-refractivity contribution in [3.8, 4) is 44.7 Å². The molecule has 0 unspecified atom stereocenters. The molecule has 2 heteroatoms. The van der Waals surface area contributed by atoms with E-state index in [1.54, 1.807) is 0 Å². The van der Waals surface area contributed by atoms with Gasteiger partial charge < -0.3 is 8.83 Å². The average molecular weight is 613 g/mol. The molecule has 2 heterocycles. The van der Waals surface area contributed by atoms with Crippen LogP contribution in [0.1, 0.15) is 0 Å². The number of hydrogen-bond acceptors (Lipinski definition) is 2. The van der Waals surface area contributed by atoms with Crippen molar-refractivity contribution in [1.82, 2.24) is 0 Å². The first-order chi connectivity index (χ1) is 23.8. The summed E-state index contributed by atoms with van der Waals surface area (Å²) in [6.07, 6.45) is 0. The molecule has 10 rings (SSSR count). The Balaban J connectivity index is 1.19. The largest absolute Gasteiger partial charge is 0.456 e. The van der Waals surface area contributed by atoms with Crippen LogP contribution in [0.2, 0.25) is 0 Å². The second kappa shape index (κ2) is 10.6. The van der Waals surface area contributed by atoms with E-state index >= 15 is 0 Å². The number of furan rings is 2. The molecule has 0 saturated heterocycles. The summed E-state index contributed by atoms with van der Waals surface area (Å²) in [5.41, 5.74) is 10.7. The van der Waals surface area contributed by atoms with Crippen molar-refractivity contribution in [2.45, 2.75) is 0 Å². The third-order valence-corrected chi connectivity index (χ3v) is 9.68. The van der Waals surface area contributed by atoms with Gasteiger partial charge in [0.2, 0.25) is 0 Å². The molecule has 0 radical (unpaired) electrons. The van der Waals surface area contributed by atoms with Crippen LogP contribution in [-0.2, 0) is 0 Å². The minimum Gasteiger partial charge on any atom is -0.456 e. The van der Waals surface area contributed by atoms with Gasteiger partial charge in [0.05, 0.1) is 5.39 Å². The normalized spacial score (nSPS) is 11.8. The van der Waals surface area contributed by atoms with Gasteiger partial charge in [-0.1, -0.05) is 152 Å². The lowest BCUT2D eigenvalue weighted by atomic mass is 9.85. The van der Waals surface area contributed by atoms with Gasteiger partial charge in [-0.3, -0.25) is 0 Å². The summed E-state index contributed by atoms with van der Waals surface area (Å²) < 4.78 is 13.1. The lowest BCUT2D eigenvalue weighted by Gasteiger charge is -2.18. The Labute approximate surface area is 277 Å². The predicted octanol–water partition coefficient (Wildman–Crippen LogP) is 13.3. The SMILES string of the molecule is c1ccc(-c2cc3c(cc(-c4ccc(-c5c6ccccc6c(-c6ccccc6)c6ccccc56)cc4)c4c5ccccc5oc34)o2)cc1. The monoisotopic (exact) mass is 612 g/mol. The Morgan fingerprint density at radius 1 is 0.312 bits per heavy atom. The quantitative estimate of drug-likeness (QED) is 0.185. The standard InChI is InChI=1S/C46H28O2/c1-3-13-30(14-4-1)41-28-39-42(47-41)27-38(45-37-21-11-12-22-40(37)48-46(39)45)29-23-25-32(26-24-29)44-35-19-9-7-17-33(35)43(31-15-5-2-6-16-31)34-18-8-10-20-36(34)44/h1-28H. The molecule has 0 aliphatic rings. The Morgan fingerprint density at radius 3 is 1.40 bits per heavy atom. The van der Waals surface area contributed by atoms with E-state index in [-0.39, 0.29) is 0 Å². The maximum Gasteiger partial charge on any atom is 0.147 e. The Bertz CT molecular complexity index is 2750. The van der Waals surface area contributed by atoms with Crippen LogP contribution in [-0.4, -0.2) is 0 Å². The van der Waals surface area contributed by atoms with Crippen LogP contribution in [0.3, 0.4) is 0 Å². The van der Waals surface area contributed by atoms with Crippen molar-refractivity contribution < 1.29 is 8.83 Å². The van der Waals surface area contributed by atoms with Crippen LogP contribution in [0.4, 0.5) is 0 Å². The van der Waals surface area contributed by atoms with E-state index in [4.69, 9.17) is 8.83 Å². The van der Waals surface area contributed by atoms with Gasteiger partial charge in [-0.25, -0.2) is 0 Å². The van der Waals surface area contributed by atoms with Gasteiger partial charge in [0.1, 0.15) is 22.5 Å². The molecule has 48 heavy (non-hydrogen) atoms. The Morgan fingerprint density at radius 2 is 0.792 bits per heavy atom. The lowest BCUT2D eigenvalue weighted by molar-refractivity contribution is 0.631. The van der Waals surface area contributed by atoms with Gasteiger partial charge in [-0.15, -0.1) is 0 Å². The predicted molar refractivity (Wildman–Crippen MR) is 200 cm³/mol. The highest BCUT2D eigenvalue weighted by Gasteiger charge is 2.21.